The molecule has 0 N–H and O–H groups in total. The van der Waals surface area contributed by atoms with Gasteiger partial charge in [-0.1, -0.05) is 0 Å². The van der Waals surface area contributed by atoms with Gasteiger partial charge in [-0.2, -0.15) is 0 Å². The van der Waals surface area contributed by atoms with Crippen molar-refractivity contribution >= 4 is 11.3 Å². The van der Waals surface area contributed by atoms with Crippen LogP contribution >= 0.6 is 11.3 Å². The van der Waals surface area contributed by atoms with Gasteiger partial charge in [0.15, 0.2) is 5.76 Å². The standard InChI is InChI=1S/C19H21FN4OS/c1-14-22-17(13-26-14)11-23-6-8-24(9-7-23)12-19-21-10-18(25-19)15-2-4-16(20)5-3-15/h2-5,10,13H,6-9,11-12H2,1H3. The van der Waals surface area contributed by atoms with Crippen molar-refractivity contribution in [3.05, 3.63) is 58.3 Å². The van der Waals surface area contributed by atoms with Crippen LogP contribution in [0.4, 0.5) is 4.39 Å². The third-order valence-corrected chi connectivity index (χ3v) is 5.38. The Kier molecular flexibility index (Phi) is 5.10. The van der Waals surface area contributed by atoms with Crippen LogP contribution in [-0.4, -0.2) is 45.9 Å². The molecule has 5 nitrogen and oxygen atoms in total. The zero-order valence-corrected chi connectivity index (χ0v) is 15.5. The first kappa shape index (κ1) is 17.3. The van der Waals surface area contributed by atoms with Crippen LogP contribution in [0.3, 0.4) is 0 Å². The van der Waals surface area contributed by atoms with Gasteiger partial charge in [0.2, 0.25) is 5.89 Å². The fraction of sp³-hybridized carbons (Fsp3) is 0.368. The normalized spacial score (nSPS) is 16.2. The average molecular weight is 372 g/mol. The number of halogens is 1. The third-order valence-electron chi connectivity index (χ3n) is 4.56. The van der Waals surface area contributed by atoms with Gasteiger partial charge < -0.3 is 4.42 Å². The Morgan fingerprint density at radius 1 is 1.08 bits per heavy atom. The van der Waals surface area contributed by atoms with E-state index in [1.54, 1.807) is 29.7 Å². The molecule has 1 saturated heterocycles. The molecule has 0 bridgehead atoms. The molecule has 136 valence electrons. The molecule has 0 spiro atoms. The van der Waals surface area contributed by atoms with Gasteiger partial charge in [-0.3, -0.25) is 9.80 Å². The molecule has 1 aliphatic heterocycles. The van der Waals surface area contributed by atoms with E-state index in [1.165, 1.54) is 12.1 Å². The Labute approximate surface area is 156 Å². The number of oxazole rings is 1. The first-order valence-corrected chi connectivity index (χ1v) is 9.60. The molecule has 0 aliphatic carbocycles. The van der Waals surface area contributed by atoms with E-state index in [2.05, 4.69) is 25.1 Å². The molecule has 1 fully saturated rings. The molecule has 26 heavy (non-hydrogen) atoms. The summed E-state index contributed by atoms with van der Waals surface area (Å²) >= 11 is 1.71. The highest BCUT2D eigenvalue weighted by atomic mass is 32.1. The maximum atomic E-state index is 13.0. The van der Waals surface area contributed by atoms with Crippen molar-refractivity contribution in [1.82, 2.24) is 19.8 Å². The van der Waals surface area contributed by atoms with E-state index in [4.69, 9.17) is 4.42 Å². The predicted molar refractivity (Wildman–Crippen MR) is 99.3 cm³/mol. The van der Waals surface area contributed by atoms with Gasteiger partial charge in [0.1, 0.15) is 5.82 Å². The average Bonchev–Trinajstić information content (AvgIpc) is 3.26. The van der Waals surface area contributed by atoms with E-state index in [0.717, 1.165) is 49.0 Å². The number of thiazole rings is 1. The number of aryl methyl sites for hydroxylation is 1. The van der Waals surface area contributed by atoms with Crippen LogP contribution in [-0.2, 0) is 13.1 Å². The third kappa shape index (κ3) is 4.17. The molecule has 3 heterocycles. The minimum absolute atomic E-state index is 0.251. The van der Waals surface area contributed by atoms with Crippen LogP contribution in [0.2, 0.25) is 0 Å². The fourth-order valence-electron chi connectivity index (χ4n) is 3.14. The molecule has 1 aromatic carbocycles. The van der Waals surface area contributed by atoms with Gasteiger partial charge in [0.05, 0.1) is 23.4 Å². The summed E-state index contributed by atoms with van der Waals surface area (Å²) in [6.07, 6.45) is 1.71. The van der Waals surface area contributed by atoms with Gasteiger partial charge >= 0.3 is 0 Å². The number of hydrogen-bond donors (Lipinski definition) is 0. The molecule has 0 saturated carbocycles. The van der Waals surface area contributed by atoms with Crippen molar-refractivity contribution in [3.63, 3.8) is 0 Å². The lowest BCUT2D eigenvalue weighted by atomic mass is 10.2. The Morgan fingerprint density at radius 2 is 1.77 bits per heavy atom. The second-order valence-corrected chi connectivity index (χ2v) is 7.60. The Morgan fingerprint density at radius 3 is 2.42 bits per heavy atom. The van der Waals surface area contributed by atoms with Crippen molar-refractivity contribution in [2.45, 2.75) is 20.0 Å². The molecular weight excluding hydrogens is 351 g/mol. The zero-order chi connectivity index (χ0) is 17.9. The highest BCUT2D eigenvalue weighted by molar-refractivity contribution is 7.09. The monoisotopic (exact) mass is 372 g/mol. The summed E-state index contributed by atoms with van der Waals surface area (Å²) in [5.74, 6) is 1.13. The molecule has 3 aromatic rings. The molecule has 7 heteroatoms. The SMILES string of the molecule is Cc1nc(CN2CCN(Cc3ncc(-c4ccc(F)cc4)o3)CC2)cs1. The van der Waals surface area contributed by atoms with Gasteiger partial charge in [0, 0.05) is 43.7 Å². The quantitative estimate of drug-likeness (QED) is 0.685. The maximum Gasteiger partial charge on any atom is 0.209 e. The highest BCUT2D eigenvalue weighted by Crippen LogP contribution is 2.21. The molecule has 1 aliphatic rings. The summed E-state index contributed by atoms with van der Waals surface area (Å²) < 4.78 is 18.9. The molecule has 0 atom stereocenters. The molecule has 0 amide bonds. The Bertz CT molecular complexity index is 853. The summed E-state index contributed by atoms with van der Waals surface area (Å²) in [5, 5.41) is 3.27. The molecule has 2 aromatic heterocycles. The van der Waals surface area contributed by atoms with Crippen LogP contribution in [0.1, 0.15) is 16.6 Å². The minimum Gasteiger partial charge on any atom is -0.439 e. The topological polar surface area (TPSA) is 45.4 Å². The zero-order valence-electron chi connectivity index (χ0n) is 14.7. The number of aromatic nitrogens is 2. The van der Waals surface area contributed by atoms with Crippen molar-refractivity contribution in [2.24, 2.45) is 0 Å². The van der Waals surface area contributed by atoms with Gasteiger partial charge in [-0.05, 0) is 31.2 Å². The van der Waals surface area contributed by atoms with E-state index in [1.807, 2.05) is 6.92 Å². The van der Waals surface area contributed by atoms with E-state index in [-0.39, 0.29) is 5.82 Å². The molecule has 0 radical (unpaired) electrons. The van der Waals surface area contributed by atoms with Crippen molar-refractivity contribution in [3.8, 4) is 11.3 Å². The van der Waals surface area contributed by atoms with Crippen LogP contribution in [0.15, 0.2) is 40.3 Å². The highest BCUT2D eigenvalue weighted by Gasteiger charge is 2.19. The minimum atomic E-state index is -0.251. The Hall–Kier alpha value is -2.09. The molecule has 0 unspecified atom stereocenters. The summed E-state index contributed by atoms with van der Waals surface area (Å²) in [4.78, 5) is 13.7. The first-order chi connectivity index (χ1) is 12.7. The van der Waals surface area contributed by atoms with Crippen molar-refractivity contribution in [2.75, 3.05) is 26.2 Å². The molecular formula is C19H21FN4OS. The van der Waals surface area contributed by atoms with Crippen molar-refractivity contribution < 1.29 is 8.81 Å². The van der Waals surface area contributed by atoms with Gasteiger partial charge in [-0.25, -0.2) is 14.4 Å². The van der Waals surface area contributed by atoms with E-state index in [0.29, 0.717) is 18.2 Å². The fourth-order valence-corrected chi connectivity index (χ4v) is 3.74. The van der Waals surface area contributed by atoms with Gasteiger partial charge in [-0.15, -0.1) is 11.3 Å². The van der Waals surface area contributed by atoms with Crippen LogP contribution in [0, 0.1) is 12.7 Å². The van der Waals surface area contributed by atoms with Crippen molar-refractivity contribution in [1.29, 1.82) is 0 Å². The smallest absolute Gasteiger partial charge is 0.209 e. The second kappa shape index (κ2) is 7.65. The number of rotatable bonds is 5. The van der Waals surface area contributed by atoms with E-state index < -0.39 is 0 Å². The Balaban J connectivity index is 1.30. The van der Waals surface area contributed by atoms with Crippen LogP contribution < -0.4 is 0 Å². The lowest BCUT2D eigenvalue weighted by Gasteiger charge is -2.33. The number of piperazine rings is 1. The van der Waals surface area contributed by atoms with Gasteiger partial charge in [0.25, 0.3) is 0 Å². The van der Waals surface area contributed by atoms with E-state index in [9.17, 15) is 4.39 Å². The number of hydrogen-bond acceptors (Lipinski definition) is 6. The predicted octanol–water partition coefficient (Wildman–Crippen LogP) is 3.56. The summed E-state index contributed by atoms with van der Waals surface area (Å²) in [5.41, 5.74) is 2.01. The lowest BCUT2D eigenvalue weighted by molar-refractivity contribution is 0.114. The molecule has 4 rings (SSSR count). The van der Waals surface area contributed by atoms with E-state index >= 15 is 0 Å². The number of benzene rings is 1. The largest absolute Gasteiger partial charge is 0.439 e. The van der Waals surface area contributed by atoms with Crippen LogP contribution in [0.25, 0.3) is 11.3 Å². The maximum absolute atomic E-state index is 13.0. The first-order valence-electron chi connectivity index (χ1n) is 8.72. The summed E-state index contributed by atoms with van der Waals surface area (Å²) in [6.45, 7) is 7.67. The lowest BCUT2D eigenvalue weighted by Crippen LogP contribution is -2.45. The second-order valence-electron chi connectivity index (χ2n) is 6.54. The summed E-state index contributed by atoms with van der Waals surface area (Å²) in [7, 11) is 0. The summed E-state index contributed by atoms with van der Waals surface area (Å²) in [6, 6.07) is 6.28. The number of nitrogens with zero attached hydrogens (tertiary/aromatic N) is 4. The van der Waals surface area contributed by atoms with Crippen LogP contribution in [0.5, 0.6) is 0 Å².